The molecule has 4 N–H and O–H groups in total. The summed E-state index contributed by atoms with van der Waals surface area (Å²) in [4.78, 5) is 10.2. The predicted octanol–water partition coefficient (Wildman–Crippen LogP) is 0.125. The molecule has 1 heterocycles. The number of anilines is 1. The van der Waals surface area contributed by atoms with Crippen LogP contribution in [0.4, 0.5) is 10.6 Å². The van der Waals surface area contributed by atoms with E-state index in [4.69, 9.17) is 17.3 Å². The highest BCUT2D eigenvalue weighted by Crippen LogP contribution is 2.04. The third-order valence-corrected chi connectivity index (χ3v) is 1.15. The first kappa shape index (κ1) is 8.54. The molecule has 0 spiro atoms. The summed E-state index contributed by atoms with van der Waals surface area (Å²) in [7, 11) is 0. The summed E-state index contributed by atoms with van der Waals surface area (Å²) in [6.45, 7) is 0. The van der Waals surface area contributed by atoms with Gasteiger partial charge in [0.2, 0.25) is 0 Å². The van der Waals surface area contributed by atoms with Crippen molar-refractivity contribution in [3.8, 4) is 0 Å². The number of nitrogens with one attached hydrogen (secondary N) is 2. The minimum atomic E-state index is -0.702. The number of nitrogens with zero attached hydrogens (tertiary/aromatic N) is 2. The standard InChI is InChI=1S/C5H6ClN5O/c6-3-1-2-4(9-8-3)10-11-5(7)12/h1-2H,(H,9,10)(H3,7,11,12). The van der Waals surface area contributed by atoms with Gasteiger partial charge in [0.25, 0.3) is 0 Å². The van der Waals surface area contributed by atoms with E-state index in [2.05, 4.69) is 21.0 Å². The lowest BCUT2D eigenvalue weighted by molar-refractivity contribution is 0.250. The van der Waals surface area contributed by atoms with Gasteiger partial charge in [-0.2, -0.15) is 0 Å². The molecule has 1 aromatic rings. The number of halogens is 1. The number of amides is 2. The third kappa shape index (κ3) is 2.59. The van der Waals surface area contributed by atoms with Crippen molar-refractivity contribution in [1.29, 1.82) is 0 Å². The maximum atomic E-state index is 10.2. The van der Waals surface area contributed by atoms with Gasteiger partial charge in [0.1, 0.15) is 0 Å². The van der Waals surface area contributed by atoms with E-state index in [1.54, 1.807) is 6.07 Å². The van der Waals surface area contributed by atoms with Gasteiger partial charge in [-0.1, -0.05) is 11.6 Å². The second-order valence-electron chi connectivity index (χ2n) is 1.86. The van der Waals surface area contributed by atoms with Crippen molar-refractivity contribution in [3.05, 3.63) is 17.3 Å². The molecule has 0 aromatic carbocycles. The van der Waals surface area contributed by atoms with Gasteiger partial charge in [-0.25, -0.2) is 4.79 Å². The Hall–Kier alpha value is -1.56. The Bertz CT molecular complexity index is 274. The van der Waals surface area contributed by atoms with Crippen LogP contribution in [0.1, 0.15) is 0 Å². The molecule has 0 saturated carbocycles. The van der Waals surface area contributed by atoms with Crippen molar-refractivity contribution < 1.29 is 4.79 Å². The summed E-state index contributed by atoms with van der Waals surface area (Å²) >= 11 is 5.46. The Morgan fingerprint density at radius 2 is 2.25 bits per heavy atom. The molecule has 0 aliphatic rings. The van der Waals surface area contributed by atoms with Crippen molar-refractivity contribution in [2.24, 2.45) is 5.73 Å². The molecule has 0 fully saturated rings. The lowest BCUT2D eigenvalue weighted by Gasteiger charge is -2.02. The van der Waals surface area contributed by atoms with E-state index in [1.165, 1.54) is 6.07 Å². The summed E-state index contributed by atoms with van der Waals surface area (Å²) in [5.74, 6) is 0.359. The lowest BCUT2D eigenvalue weighted by atomic mass is 10.5. The summed E-state index contributed by atoms with van der Waals surface area (Å²) in [5, 5.41) is 7.38. The Balaban J connectivity index is 2.53. The van der Waals surface area contributed by atoms with Gasteiger partial charge in [-0.05, 0) is 12.1 Å². The van der Waals surface area contributed by atoms with Crippen LogP contribution in [-0.4, -0.2) is 16.2 Å². The smallest absolute Gasteiger partial charge is 0.330 e. The Labute approximate surface area is 73.1 Å². The molecule has 0 aliphatic heterocycles. The van der Waals surface area contributed by atoms with Crippen LogP contribution in [0.3, 0.4) is 0 Å². The maximum absolute atomic E-state index is 10.2. The average molecular weight is 188 g/mol. The van der Waals surface area contributed by atoms with Crippen LogP contribution in [0.25, 0.3) is 0 Å². The summed E-state index contributed by atoms with van der Waals surface area (Å²) in [6.07, 6.45) is 0. The molecular formula is C5H6ClN5O. The highest BCUT2D eigenvalue weighted by Gasteiger charge is 1.94. The number of urea groups is 1. The Kier molecular flexibility index (Phi) is 2.65. The molecule has 0 bridgehead atoms. The monoisotopic (exact) mass is 187 g/mol. The number of hydrazine groups is 1. The van der Waals surface area contributed by atoms with E-state index in [0.717, 1.165) is 0 Å². The molecule has 6 nitrogen and oxygen atoms in total. The van der Waals surface area contributed by atoms with Crippen LogP contribution in [0.2, 0.25) is 5.15 Å². The third-order valence-electron chi connectivity index (χ3n) is 0.946. The van der Waals surface area contributed by atoms with E-state index >= 15 is 0 Å². The Morgan fingerprint density at radius 1 is 1.50 bits per heavy atom. The van der Waals surface area contributed by atoms with Crippen molar-refractivity contribution in [3.63, 3.8) is 0 Å². The molecule has 2 amide bonds. The van der Waals surface area contributed by atoms with E-state index in [9.17, 15) is 4.79 Å². The molecule has 0 atom stereocenters. The van der Waals surface area contributed by atoms with Crippen LogP contribution >= 0.6 is 11.6 Å². The number of primary amides is 1. The average Bonchev–Trinajstić information content (AvgIpc) is 2.03. The van der Waals surface area contributed by atoms with E-state index < -0.39 is 6.03 Å². The topological polar surface area (TPSA) is 92.9 Å². The van der Waals surface area contributed by atoms with Gasteiger partial charge in [-0.3, -0.25) is 10.9 Å². The zero-order chi connectivity index (χ0) is 8.97. The number of rotatable bonds is 2. The van der Waals surface area contributed by atoms with Gasteiger partial charge < -0.3 is 5.73 Å². The molecule has 1 rings (SSSR count). The molecule has 0 unspecified atom stereocenters. The minimum absolute atomic E-state index is 0.277. The zero-order valence-electron chi connectivity index (χ0n) is 5.91. The van der Waals surface area contributed by atoms with Gasteiger partial charge >= 0.3 is 6.03 Å². The van der Waals surface area contributed by atoms with Crippen molar-refractivity contribution >= 4 is 23.4 Å². The highest BCUT2D eigenvalue weighted by atomic mass is 35.5. The number of hydrogen-bond donors (Lipinski definition) is 3. The van der Waals surface area contributed by atoms with E-state index in [-0.39, 0.29) is 5.15 Å². The molecule has 12 heavy (non-hydrogen) atoms. The highest BCUT2D eigenvalue weighted by molar-refractivity contribution is 6.29. The Morgan fingerprint density at radius 3 is 2.75 bits per heavy atom. The summed E-state index contributed by atoms with van der Waals surface area (Å²) < 4.78 is 0. The van der Waals surface area contributed by atoms with Crippen LogP contribution < -0.4 is 16.6 Å². The SMILES string of the molecule is NC(=O)NNc1ccc(Cl)nn1. The minimum Gasteiger partial charge on any atom is -0.350 e. The number of nitrogens with two attached hydrogens (primary N) is 1. The number of hydrogen-bond acceptors (Lipinski definition) is 4. The molecule has 0 aliphatic carbocycles. The molecule has 1 aromatic heterocycles. The van der Waals surface area contributed by atoms with Gasteiger partial charge in [-0.15, -0.1) is 10.2 Å². The number of carbonyl (C=O) groups excluding carboxylic acids is 1. The van der Waals surface area contributed by atoms with E-state index in [0.29, 0.717) is 5.82 Å². The summed E-state index contributed by atoms with van der Waals surface area (Å²) in [5.41, 5.74) is 9.32. The van der Waals surface area contributed by atoms with E-state index in [1.807, 2.05) is 0 Å². The number of aromatic nitrogens is 2. The summed E-state index contributed by atoms with van der Waals surface area (Å²) in [6, 6.07) is 2.37. The fourth-order valence-electron chi connectivity index (χ4n) is 0.508. The van der Waals surface area contributed by atoms with Crippen LogP contribution in [0.5, 0.6) is 0 Å². The largest absolute Gasteiger partial charge is 0.350 e. The first-order chi connectivity index (χ1) is 5.68. The molecule has 7 heteroatoms. The van der Waals surface area contributed by atoms with Crippen molar-refractivity contribution in [2.45, 2.75) is 0 Å². The van der Waals surface area contributed by atoms with Crippen LogP contribution in [0.15, 0.2) is 12.1 Å². The predicted molar refractivity (Wildman–Crippen MR) is 43.4 cm³/mol. The molecule has 64 valence electrons. The second-order valence-corrected chi connectivity index (χ2v) is 2.24. The second kappa shape index (κ2) is 3.72. The lowest BCUT2D eigenvalue weighted by Crippen LogP contribution is -2.34. The fraction of sp³-hybridized carbons (Fsp3) is 0. The molecular weight excluding hydrogens is 182 g/mol. The van der Waals surface area contributed by atoms with Gasteiger partial charge in [0, 0.05) is 0 Å². The van der Waals surface area contributed by atoms with Gasteiger partial charge in [0.15, 0.2) is 11.0 Å². The molecule has 0 radical (unpaired) electrons. The first-order valence-corrected chi connectivity index (χ1v) is 3.37. The quantitative estimate of drug-likeness (QED) is 0.574. The van der Waals surface area contributed by atoms with Crippen LogP contribution in [-0.2, 0) is 0 Å². The van der Waals surface area contributed by atoms with Crippen molar-refractivity contribution in [1.82, 2.24) is 15.6 Å². The number of carbonyl (C=O) groups is 1. The first-order valence-electron chi connectivity index (χ1n) is 2.99. The van der Waals surface area contributed by atoms with Gasteiger partial charge in [0.05, 0.1) is 0 Å². The normalized spacial score (nSPS) is 9.08. The fourth-order valence-corrected chi connectivity index (χ4v) is 0.609. The zero-order valence-corrected chi connectivity index (χ0v) is 6.67. The maximum Gasteiger partial charge on any atom is 0.330 e. The molecule has 0 saturated heterocycles. The van der Waals surface area contributed by atoms with Crippen molar-refractivity contribution in [2.75, 3.05) is 5.43 Å². The van der Waals surface area contributed by atoms with Crippen LogP contribution in [0, 0.1) is 0 Å².